The van der Waals surface area contributed by atoms with Crippen LogP contribution in [0.15, 0.2) is 7.57 Å². The standard InChI is InChI=1S/C7H8Br2N2S/c8-6-4-2(10)1-3(11)5(4)7(9)12-6/h2-3H,1,10-11H2/p+2/t2-,3+. The molecule has 0 amide bonds. The van der Waals surface area contributed by atoms with Crippen LogP contribution in [0.5, 0.6) is 0 Å². The van der Waals surface area contributed by atoms with Crippen LogP contribution in [-0.2, 0) is 0 Å². The van der Waals surface area contributed by atoms with E-state index in [1.165, 1.54) is 18.7 Å². The average molecular weight is 314 g/mol. The minimum absolute atomic E-state index is 0.416. The van der Waals surface area contributed by atoms with Gasteiger partial charge in [-0.25, -0.2) is 0 Å². The SMILES string of the molecule is [NH3+][C@@H]1C[C@H]([NH3+])c2c(Br)sc(Br)c21. The summed E-state index contributed by atoms with van der Waals surface area (Å²) in [6.45, 7) is 0. The summed E-state index contributed by atoms with van der Waals surface area (Å²) in [4.78, 5) is 0. The van der Waals surface area contributed by atoms with Gasteiger partial charge in [0, 0.05) is 11.1 Å². The summed E-state index contributed by atoms with van der Waals surface area (Å²) in [6, 6.07) is 0.832. The lowest BCUT2D eigenvalue weighted by atomic mass is 10.2. The molecule has 0 unspecified atom stereocenters. The molecule has 1 heterocycles. The Bertz CT molecular complexity index is 295. The van der Waals surface area contributed by atoms with Gasteiger partial charge in [0.15, 0.2) is 0 Å². The van der Waals surface area contributed by atoms with E-state index in [9.17, 15) is 0 Å². The van der Waals surface area contributed by atoms with Crippen molar-refractivity contribution in [3.8, 4) is 0 Å². The summed E-state index contributed by atoms with van der Waals surface area (Å²) in [6.07, 6.45) is 1.08. The second-order valence-electron chi connectivity index (χ2n) is 3.11. The molecule has 0 radical (unpaired) electrons. The Morgan fingerprint density at radius 1 is 1.08 bits per heavy atom. The molecular formula is C7H10Br2N2S+2. The highest BCUT2D eigenvalue weighted by molar-refractivity contribution is 9.12. The van der Waals surface area contributed by atoms with E-state index in [1.54, 1.807) is 11.3 Å². The second-order valence-corrected chi connectivity index (χ2v) is 6.76. The Morgan fingerprint density at radius 2 is 1.50 bits per heavy atom. The Morgan fingerprint density at radius 3 is 1.92 bits per heavy atom. The number of hydrogen-bond acceptors (Lipinski definition) is 1. The Hall–Kier alpha value is 0.580. The molecule has 0 saturated heterocycles. The maximum atomic E-state index is 4.12. The average Bonchev–Trinajstić information content (AvgIpc) is 2.38. The smallest absolute Gasteiger partial charge is 0.119 e. The second kappa shape index (κ2) is 3.06. The van der Waals surface area contributed by atoms with Crippen LogP contribution in [0.4, 0.5) is 0 Å². The summed E-state index contributed by atoms with van der Waals surface area (Å²) in [5.74, 6) is 0. The zero-order chi connectivity index (χ0) is 8.88. The van der Waals surface area contributed by atoms with Gasteiger partial charge in [-0.2, -0.15) is 0 Å². The van der Waals surface area contributed by atoms with Crippen LogP contribution >= 0.6 is 43.2 Å². The highest BCUT2D eigenvalue weighted by Gasteiger charge is 2.37. The first-order valence-corrected chi connectivity index (χ1v) is 6.15. The Balaban J connectivity index is 2.62. The molecule has 0 bridgehead atoms. The van der Waals surface area contributed by atoms with Crippen molar-refractivity contribution in [2.45, 2.75) is 18.5 Å². The summed E-state index contributed by atoms with van der Waals surface area (Å²) in [7, 11) is 0. The van der Waals surface area contributed by atoms with Gasteiger partial charge in [0.05, 0.1) is 14.0 Å². The van der Waals surface area contributed by atoms with Gasteiger partial charge < -0.3 is 11.5 Å². The number of fused-ring (bicyclic) bond motifs is 1. The summed E-state index contributed by atoms with van der Waals surface area (Å²) in [5, 5.41) is 0. The molecule has 0 saturated carbocycles. The molecule has 66 valence electrons. The van der Waals surface area contributed by atoms with E-state index >= 15 is 0 Å². The van der Waals surface area contributed by atoms with Gasteiger partial charge in [0.2, 0.25) is 0 Å². The van der Waals surface area contributed by atoms with Gasteiger partial charge in [-0.1, -0.05) is 0 Å². The first-order chi connectivity index (χ1) is 5.61. The van der Waals surface area contributed by atoms with Gasteiger partial charge in [-0.3, -0.25) is 0 Å². The maximum Gasteiger partial charge on any atom is 0.119 e. The molecule has 6 N–H and O–H groups in total. The molecule has 2 nitrogen and oxygen atoms in total. The minimum atomic E-state index is 0.416. The van der Waals surface area contributed by atoms with E-state index in [-0.39, 0.29) is 0 Å². The largest absolute Gasteiger partial charge is 0.351 e. The Kier molecular flexibility index (Phi) is 2.33. The predicted molar refractivity (Wildman–Crippen MR) is 55.6 cm³/mol. The fourth-order valence-corrected chi connectivity index (χ4v) is 5.37. The zero-order valence-corrected chi connectivity index (χ0v) is 10.4. The molecule has 2 atom stereocenters. The first-order valence-electron chi connectivity index (χ1n) is 3.75. The van der Waals surface area contributed by atoms with Gasteiger partial charge in [0.1, 0.15) is 12.1 Å². The lowest BCUT2D eigenvalue weighted by Crippen LogP contribution is -2.56. The van der Waals surface area contributed by atoms with Crippen LogP contribution in [0.2, 0.25) is 0 Å². The summed E-state index contributed by atoms with van der Waals surface area (Å²) in [5.41, 5.74) is 11.0. The van der Waals surface area contributed by atoms with Crippen LogP contribution in [0.1, 0.15) is 29.6 Å². The van der Waals surface area contributed by atoms with Crippen molar-refractivity contribution in [2.24, 2.45) is 0 Å². The van der Waals surface area contributed by atoms with E-state index in [4.69, 9.17) is 0 Å². The fourth-order valence-electron chi connectivity index (χ4n) is 1.74. The molecule has 12 heavy (non-hydrogen) atoms. The van der Waals surface area contributed by atoms with Crippen LogP contribution in [0, 0.1) is 0 Å². The predicted octanol–water partition coefficient (Wildman–Crippen LogP) is 1.24. The fraction of sp³-hybridized carbons (Fsp3) is 0.429. The molecule has 0 spiro atoms. The monoisotopic (exact) mass is 312 g/mol. The van der Waals surface area contributed by atoms with E-state index < -0.39 is 0 Å². The highest BCUT2D eigenvalue weighted by Crippen LogP contribution is 2.47. The molecular weight excluding hydrogens is 304 g/mol. The first kappa shape index (κ1) is 9.15. The third-order valence-corrected chi connectivity index (χ3v) is 4.90. The molecule has 0 fully saturated rings. The van der Waals surface area contributed by atoms with Crippen LogP contribution < -0.4 is 11.5 Å². The Labute approximate surface area is 91.6 Å². The van der Waals surface area contributed by atoms with Crippen LogP contribution in [0.3, 0.4) is 0 Å². The van der Waals surface area contributed by atoms with E-state index in [1.807, 2.05) is 0 Å². The molecule has 1 aromatic heterocycles. The van der Waals surface area contributed by atoms with Crippen LogP contribution in [-0.4, -0.2) is 0 Å². The maximum absolute atomic E-state index is 4.12. The molecule has 0 aromatic carbocycles. The van der Waals surface area contributed by atoms with Crippen molar-refractivity contribution in [3.05, 3.63) is 18.7 Å². The molecule has 5 heteroatoms. The normalized spacial score (nSPS) is 27.7. The van der Waals surface area contributed by atoms with Crippen molar-refractivity contribution in [1.82, 2.24) is 0 Å². The lowest BCUT2D eigenvalue weighted by molar-refractivity contribution is -0.463. The van der Waals surface area contributed by atoms with Crippen LogP contribution in [0.25, 0.3) is 0 Å². The molecule has 1 aliphatic carbocycles. The number of quaternary nitrogens is 2. The van der Waals surface area contributed by atoms with Crippen molar-refractivity contribution in [2.75, 3.05) is 0 Å². The number of rotatable bonds is 0. The molecule has 1 aliphatic rings. The van der Waals surface area contributed by atoms with Gasteiger partial charge >= 0.3 is 0 Å². The molecule has 2 rings (SSSR count). The quantitative estimate of drug-likeness (QED) is 0.724. The third kappa shape index (κ3) is 1.19. The van der Waals surface area contributed by atoms with Crippen molar-refractivity contribution in [1.29, 1.82) is 0 Å². The number of thiophene rings is 1. The van der Waals surface area contributed by atoms with Crippen molar-refractivity contribution >= 4 is 43.2 Å². The van der Waals surface area contributed by atoms with Gasteiger partial charge in [-0.05, 0) is 31.9 Å². The zero-order valence-electron chi connectivity index (χ0n) is 6.44. The minimum Gasteiger partial charge on any atom is -0.351 e. The summed E-state index contributed by atoms with van der Waals surface area (Å²) < 4.78 is 2.44. The van der Waals surface area contributed by atoms with Crippen molar-refractivity contribution in [3.63, 3.8) is 0 Å². The number of halogens is 2. The molecule has 1 aromatic rings. The number of hydrogen-bond donors (Lipinski definition) is 2. The van der Waals surface area contributed by atoms with Gasteiger partial charge in [-0.15, -0.1) is 11.3 Å². The lowest BCUT2D eigenvalue weighted by Gasteiger charge is -1.97. The van der Waals surface area contributed by atoms with E-state index in [0.717, 1.165) is 6.42 Å². The third-order valence-electron chi connectivity index (χ3n) is 2.28. The summed E-state index contributed by atoms with van der Waals surface area (Å²) >= 11 is 8.85. The van der Waals surface area contributed by atoms with Gasteiger partial charge in [0.25, 0.3) is 0 Å². The van der Waals surface area contributed by atoms with Crippen molar-refractivity contribution < 1.29 is 11.5 Å². The molecule has 0 aliphatic heterocycles. The van der Waals surface area contributed by atoms with E-state index in [0.29, 0.717) is 12.1 Å². The topological polar surface area (TPSA) is 55.3 Å². The highest BCUT2D eigenvalue weighted by atomic mass is 79.9. The van der Waals surface area contributed by atoms with E-state index in [2.05, 4.69) is 43.3 Å².